The topological polar surface area (TPSA) is 105 Å². The van der Waals surface area contributed by atoms with Gasteiger partial charge in [0, 0.05) is 51.1 Å². The predicted octanol–water partition coefficient (Wildman–Crippen LogP) is 19.5. The number of hydrogen-bond acceptors (Lipinski definition) is 12. The van der Waals surface area contributed by atoms with E-state index in [1.54, 1.807) is 26.0 Å². The molecule has 0 aliphatic heterocycles. The van der Waals surface area contributed by atoms with Gasteiger partial charge in [-0.05, 0) is 140 Å². The van der Waals surface area contributed by atoms with Crippen molar-refractivity contribution in [1.29, 1.82) is 0 Å². The molecule has 4 atom stereocenters. The van der Waals surface area contributed by atoms with E-state index in [4.69, 9.17) is 18.9 Å². The summed E-state index contributed by atoms with van der Waals surface area (Å²) in [6.45, 7) is 3.43. The Labute approximate surface area is 482 Å². The zero-order chi connectivity index (χ0) is 57.5. The summed E-state index contributed by atoms with van der Waals surface area (Å²) in [5.41, 5.74) is 6.14. The van der Waals surface area contributed by atoms with Gasteiger partial charge >= 0.3 is 36.2 Å². The fourth-order valence-electron chi connectivity index (χ4n) is 10.5. The third-order valence-electron chi connectivity index (χ3n) is 14.4. The first-order valence-corrected chi connectivity index (χ1v) is 29.8. The van der Waals surface area contributed by atoms with Crippen LogP contribution in [0.5, 0.6) is 0 Å². The van der Waals surface area contributed by atoms with E-state index < -0.39 is 61.5 Å². The summed E-state index contributed by atoms with van der Waals surface area (Å²) in [5.74, 6) is -3.67. The zero-order valence-electron chi connectivity index (χ0n) is 44.0. The summed E-state index contributed by atoms with van der Waals surface area (Å²) in [7, 11) is 0. The molecular weight excluding hydrogens is 1140 g/mol. The Balaban J connectivity index is 0.000000208. The van der Waals surface area contributed by atoms with Gasteiger partial charge in [-0.2, -0.15) is 26.3 Å². The molecule has 4 unspecified atom stereocenters. The minimum absolute atomic E-state index is 0.0631. The van der Waals surface area contributed by atoms with Crippen LogP contribution in [-0.2, 0) is 38.1 Å². The highest BCUT2D eigenvalue weighted by Gasteiger charge is 2.39. The number of esters is 4. The third-order valence-corrected chi connectivity index (χ3v) is 19.1. The fraction of sp³-hybridized carbons (Fsp3) is 0.250. The number of halogens is 6. The van der Waals surface area contributed by atoms with Crippen molar-refractivity contribution in [2.75, 3.05) is 0 Å². The van der Waals surface area contributed by atoms with Crippen LogP contribution in [0.4, 0.5) is 26.3 Å². The molecule has 12 rings (SSSR count). The Morgan fingerprint density at radius 1 is 0.378 bits per heavy atom. The van der Waals surface area contributed by atoms with E-state index in [0.717, 1.165) is 35.8 Å². The van der Waals surface area contributed by atoms with E-state index >= 15 is 0 Å². The SMILES string of the molecule is CCC(=O)OC1CCC(OC(=O)CC)c2cc(-c3cc4sc(-c5ccc6c(c5)C(OC(=O)CC(F)(F)F)CCC6OC(=O)CC(F)(F)F)cc4s3)ccc21.c1ccc2cc(-c3cc4sc(-c5ccc6ccccc6c5)cc4s3)ccc2c1. The number of carbonyl (C=O) groups excluding carboxylic acids is 4. The molecule has 10 aromatic rings. The van der Waals surface area contributed by atoms with E-state index in [9.17, 15) is 45.5 Å². The maximum Gasteiger partial charge on any atom is 0.399 e. The normalized spacial score (nSPS) is 17.0. The van der Waals surface area contributed by atoms with E-state index in [2.05, 4.69) is 97.1 Å². The summed E-state index contributed by atoms with van der Waals surface area (Å²) in [6, 6.07) is 49.8. The van der Waals surface area contributed by atoms with Crippen molar-refractivity contribution in [3.8, 4) is 41.8 Å². The molecule has 0 saturated heterocycles. The first-order valence-electron chi connectivity index (χ1n) is 26.6. The molecule has 2 aliphatic carbocycles. The second kappa shape index (κ2) is 23.5. The molecule has 4 heterocycles. The van der Waals surface area contributed by atoms with E-state index in [0.29, 0.717) is 18.4 Å². The van der Waals surface area contributed by atoms with Crippen molar-refractivity contribution < 1.29 is 64.5 Å². The Kier molecular flexibility index (Phi) is 16.2. The first-order chi connectivity index (χ1) is 39.3. The van der Waals surface area contributed by atoms with Crippen molar-refractivity contribution >= 4 is 110 Å². The molecular formula is C64H50F6O8S4. The minimum Gasteiger partial charge on any atom is -0.457 e. The Morgan fingerprint density at radius 2 is 0.671 bits per heavy atom. The number of alkyl halides is 6. The van der Waals surface area contributed by atoms with Gasteiger partial charge in [0.05, 0.1) is 0 Å². The van der Waals surface area contributed by atoms with Crippen LogP contribution in [0.2, 0.25) is 0 Å². The van der Waals surface area contributed by atoms with Gasteiger partial charge in [-0.15, -0.1) is 45.3 Å². The van der Waals surface area contributed by atoms with Gasteiger partial charge in [0.25, 0.3) is 0 Å². The number of benzene rings is 6. The van der Waals surface area contributed by atoms with Crippen molar-refractivity contribution in [3.05, 3.63) is 168 Å². The molecule has 0 N–H and O–H groups in total. The molecule has 0 radical (unpaired) electrons. The van der Waals surface area contributed by atoms with E-state index in [-0.39, 0.29) is 48.7 Å². The molecule has 2 aliphatic rings. The first kappa shape index (κ1) is 56.5. The number of rotatable bonds is 12. The second-order valence-corrected chi connectivity index (χ2v) is 24.4. The van der Waals surface area contributed by atoms with E-state index in [1.165, 1.54) is 80.6 Å². The van der Waals surface area contributed by atoms with Crippen molar-refractivity contribution in [2.45, 2.75) is 102 Å². The molecule has 8 nitrogen and oxygen atoms in total. The molecule has 0 fully saturated rings. The van der Waals surface area contributed by atoms with Crippen molar-refractivity contribution in [1.82, 2.24) is 0 Å². The van der Waals surface area contributed by atoms with E-state index in [1.807, 2.05) is 53.0 Å². The molecule has 6 aromatic carbocycles. The Bertz CT molecular complexity index is 3880. The van der Waals surface area contributed by atoms with Gasteiger partial charge in [0.2, 0.25) is 0 Å². The number of thiophene rings is 4. The average Bonchev–Trinajstić information content (AvgIpc) is 4.43. The number of fused-ring (bicyclic) bond motifs is 6. The molecule has 82 heavy (non-hydrogen) atoms. The summed E-state index contributed by atoms with van der Waals surface area (Å²) < 4.78 is 104. The molecule has 18 heteroatoms. The molecule has 0 bridgehead atoms. The lowest BCUT2D eigenvalue weighted by atomic mass is 9.85. The van der Waals surface area contributed by atoms with Gasteiger partial charge in [0.15, 0.2) is 0 Å². The smallest absolute Gasteiger partial charge is 0.399 e. The lowest BCUT2D eigenvalue weighted by molar-refractivity contribution is -0.181. The van der Waals surface area contributed by atoms with Crippen LogP contribution in [0, 0.1) is 0 Å². The fourth-order valence-corrected chi connectivity index (χ4v) is 15.2. The molecule has 0 amide bonds. The van der Waals surface area contributed by atoms with Crippen LogP contribution in [0.15, 0.2) is 146 Å². The second-order valence-electron chi connectivity index (χ2n) is 20.1. The summed E-state index contributed by atoms with van der Waals surface area (Å²) in [6.07, 6.45) is -15.1. The molecule has 0 saturated carbocycles. The largest absolute Gasteiger partial charge is 0.457 e. The number of hydrogen-bond donors (Lipinski definition) is 0. The number of ether oxygens (including phenoxy) is 4. The number of carbonyl (C=O) groups is 4. The maximum atomic E-state index is 12.9. The third kappa shape index (κ3) is 12.8. The van der Waals surface area contributed by atoms with Crippen LogP contribution < -0.4 is 0 Å². The van der Waals surface area contributed by atoms with Crippen molar-refractivity contribution in [2.24, 2.45) is 0 Å². The molecule has 420 valence electrons. The highest BCUT2D eigenvalue weighted by molar-refractivity contribution is 7.31. The quantitative estimate of drug-likeness (QED) is 0.0677. The van der Waals surface area contributed by atoms with Gasteiger partial charge in [-0.1, -0.05) is 111 Å². The van der Waals surface area contributed by atoms with Gasteiger partial charge in [0.1, 0.15) is 37.3 Å². The highest BCUT2D eigenvalue weighted by atomic mass is 32.1. The van der Waals surface area contributed by atoms with Crippen molar-refractivity contribution in [3.63, 3.8) is 0 Å². The maximum absolute atomic E-state index is 12.9. The van der Waals surface area contributed by atoms with Crippen LogP contribution in [-0.4, -0.2) is 36.2 Å². The predicted molar refractivity (Wildman–Crippen MR) is 312 cm³/mol. The lowest BCUT2D eigenvalue weighted by Gasteiger charge is -2.31. The Morgan fingerprint density at radius 3 is 1.00 bits per heavy atom. The van der Waals surface area contributed by atoms with Crippen LogP contribution in [0.3, 0.4) is 0 Å². The van der Waals surface area contributed by atoms with Gasteiger partial charge in [-0.3, -0.25) is 19.2 Å². The summed E-state index contributed by atoms with van der Waals surface area (Å²) >= 11 is 6.70. The molecule has 4 aromatic heterocycles. The van der Waals surface area contributed by atoms with Crippen LogP contribution in [0.1, 0.15) is 112 Å². The summed E-state index contributed by atoms with van der Waals surface area (Å²) in [5, 5.41) is 5.19. The summed E-state index contributed by atoms with van der Waals surface area (Å²) in [4.78, 5) is 53.0. The minimum atomic E-state index is -4.80. The van der Waals surface area contributed by atoms with Gasteiger partial charge < -0.3 is 18.9 Å². The molecule has 0 spiro atoms. The standard InChI is InChI=1S/C38H34F6O8S2.C26H16S2/c1-3-33(45)49-25-9-11-27(50-34(46)4-2)23-13-19(5-7-21(23)25)29-15-31-32(53-29)16-30(54-31)20-6-8-22-24(14-20)28(52-36(48)18-38(42,43)44)12-10-26(22)51-35(47)17-37(39,40)41;1-3-7-19-13-21(11-9-17(19)5-1)23-15-25-26(27-23)16-24(28-25)22-12-10-18-6-2-4-8-20(18)14-22/h5-8,13-16,25-28H,3-4,9-12,17-18H2,1-2H3;1-16H. The monoisotopic (exact) mass is 1190 g/mol. The van der Waals surface area contributed by atoms with Crippen LogP contribution in [0.25, 0.3) is 82.1 Å². The van der Waals surface area contributed by atoms with Gasteiger partial charge in [-0.25, -0.2) is 0 Å². The zero-order valence-corrected chi connectivity index (χ0v) is 47.3. The van der Waals surface area contributed by atoms with Crippen LogP contribution >= 0.6 is 45.3 Å². The lowest BCUT2D eigenvalue weighted by Crippen LogP contribution is -2.26. The highest BCUT2D eigenvalue weighted by Crippen LogP contribution is 2.49. The Hall–Kier alpha value is -7.38. The average molecular weight is 1190 g/mol.